The van der Waals surface area contributed by atoms with Crippen LogP contribution in [0.5, 0.6) is 0 Å². The minimum Gasteiger partial charge on any atom is -0.475 e. The van der Waals surface area contributed by atoms with Gasteiger partial charge in [0.05, 0.1) is 19.0 Å². The van der Waals surface area contributed by atoms with Gasteiger partial charge in [-0.2, -0.15) is 31.4 Å². The lowest BCUT2D eigenvalue weighted by atomic mass is 10.1. The molecule has 1 atom stereocenters. The Morgan fingerprint density at radius 1 is 1.19 bits per heavy atom. The number of imidazole rings is 1. The van der Waals surface area contributed by atoms with Crippen LogP contribution in [0.2, 0.25) is 0 Å². The molecule has 5 rings (SSSR count). The molecular weight excluding hydrogens is 520 g/mol. The van der Waals surface area contributed by atoms with E-state index < -0.39 is 23.2 Å². The van der Waals surface area contributed by atoms with Crippen molar-refractivity contribution in [3.63, 3.8) is 0 Å². The molecule has 0 spiro atoms. The first-order chi connectivity index (χ1) is 16.9. The van der Waals surface area contributed by atoms with E-state index in [9.17, 15) is 26.3 Å². The average molecular weight is 535 g/mol. The van der Waals surface area contributed by atoms with Crippen molar-refractivity contribution in [1.29, 1.82) is 0 Å². The largest absolute Gasteiger partial charge is 0.490 e. The third kappa shape index (κ3) is 5.56. The van der Waals surface area contributed by atoms with Gasteiger partial charge in [-0.3, -0.25) is 9.50 Å². The number of hydrogen-bond acceptors (Lipinski definition) is 8. The zero-order valence-electron chi connectivity index (χ0n) is 17.8. The number of nitrogens with zero attached hydrogens (tertiary/aromatic N) is 6. The molecule has 4 aromatic rings. The number of rotatable bonds is 3. The molecule has 1 unspecified atom stereocenters. The first-order valence-electron chi connectivity index (χ1n) is 9.96. The van der Waals surface area contributed by atoms with E-state index in [0.29, 0.717) is 48.4 Å². The minimum absolute atomic E-state index is 0.145. The van der Waals surface area contributed by atoms with Gasteiger partial charge in [0.25, 0.3) is 0 Å². The number of aromatic amines is 1. The van der Waals surface area contributed by atoms with Crippen LogP contribution in [0.4, 0.5) is 32.2 Å². The van der Waals surface area contributed by atoms with Crippen molar-refractivity contribution in [2.75, 3.05) is 24.6 Å². The average Bonchev–Trinajstić information content (AvgIpc) is 3.56. The van der Waals surface area contributed by atoms with Crippen LogP contribution in [0.1, 0.15) is 16.5 Å². The van der Waals surface area contributed by atoms with Crippen LogP contribution in [0.25, 0.3) is 16.5 Å². The number of thiazole rings is 1. The number of morpholine rings is 1. The van der Waals surface area contributed by atoms with Crippen LogP contribution in [-0.4, -0.2) is 66.5 Å². The van der Waals surface area contributed by atoms with Crippen LogP contribution in [-0.2, 0) is 15.7 Å². The maximum Gasteiger partial charge on any atom is 0.490 e. The van der Waals surface area contributed by atoms with Gasteiger partial charge in [-0.15, -0.1) is 0 Å². The van der Waals surface area contributed by atoms with Crippen LogP contribution < -0.4 is 4.90 Å². The summed E-state index contributed by atoms with van der Waals surface area (Å²) < 4.78 is 77.9. The molecule has 0 aliphatic carbocycles. The van der Waals surface area contributed by atoms with E-state index in [1.807, 2.05) is 0 Å². The minimum atomic E-state index is -5.08. The Labute approximate surface area is 201 Å². The number of halogens is 6. The molecule has 1 aliphatic rings. The second-order valence-corrected chi connectivity index (χ2v) is 8.28. The number of anilines is 1. The molecule has 0 saturated carbocycles. The summed E-state index contributed by atoms with van der Waals surface area (Å²) in [7, 11) is 0. The highest BCUT2D eigenvalue weighted by molar-refractivity contribution is 7.17. The smallest absolute Gasteiger partial charge is 0.475 e. The van der Waals surface area contributed by atoms with Crippen molar-refractivity contribution < 1.29 is 41.0 Å². The highest BCUT2D eigenvalue weighted by Crippen LogP contribution is 2.36. The SMILES string of the molecule is FC(F)(F)c1cn2c(-c3nccc(N4CCOC(c5cn[nH]c5)C4)n3)cnc2s1.O=C(O)C(F)(F)F. The van der Waals surface area contributed by atoms with Gasteiger partial charge in [-0.05, 0) is 6.07 Å². The number of nitrogens with one attached hydrogen (secondary N) is 1. The van der Waals surface area contributed by atoms with Gasteiger partial charge in [-0.25, -0.2) is 19.7 Å². The van der Waals surface area contributed by atoms with Gasteiger partial charge in [-0.1, -0.05) is 11.3 Å². The Balaban J connectivity index is 0.000000384. The lowest BCUT2D eigenvalue weighted by Gasteiger charge is -2.33. The number of alkyl halides is 6. The van der Waals surface area contributed by atoms with E-state index in [-0.39, 0.29) is 11.1 Å². The molecular formula is C19H15F6N7O3S. The fourth-order valence-electron chi connectivity index (χ4n) is 3.23. The monoisotopic (exact) mass is 535 g/mol. The molecule has 2 N–H and O–H groups in total. The van der Waals surface area contributed by atoms with E-state index in [0.717, 1.165) is 11.8 Å². The van der Waals surface area contributed by atoms with Crippen LogP contribution in [0.15, 0.2) is 37.1 Å². The molecule has 0 amide bonds. The molecule has 1 fully saturated rings. The van der Waals surface area contributed by atoms with Crippen molar-refractivity contribution in [1.82, 2.24) is 29.5 Å². The molecule has 1 saturated heterocycles. The number of ether oxygens (including phenoxy) is 1. The first-order valence-corrected chi connectivity index (χ1v) is 10.8. The zero-order chi connectivity index (χ0) is 26.1. The molecule has 192 valence electrons. The molecule has 0 radical (unpaired) electrons. The van der Waals surface area contributed by atoms with E-state index >= 15 is 0 Å². The van der Waals surface area contributed by atoms with Gasteiger partial charge in [0.15, 0.2) is 10.8 Å². The summed E-state index contributed by atoms with van der Waals surface area (Å²) >= 11 is 0.586. The van der Waals surface area contributed by atoms with E-state index in [1.54, 1.807) is 24.7 Å². The highest BCUT2D eigenvalue weighted by Gasteiger charge is 2.38. The Bertz CT molecular complexity index is 1340. The number of H-pyrrole nitrogens is 1. The Kier molecular flexibility index (Phi) is 6.85. The van der Waals surface area contributed by atoms with Crippen LogP contribution in [0, 0.1) is 0 Å². The Morgan fingerprint density at radius 2 is 1.94 bits per heavy atom. The summed E-state index contributed by atoms with van der Waals surface area (Å²) in [5.41, 5.74) is 1.35. The third-order valence-corrected chi connectivity index (χ3v) is 5.93. The van der Waals surface area contributed by atoms with Gasteiger partial charge in [0.1, 0.15) is 22.5 Å². The maximum absolute atomic E-state index is 13.0. The maximum atomic E-state index is 13.0. The van der Waals surface area contributed by atoms with Crippen LogP contribution in [0.3, 0.4) is 0 Å². The van der Waals surface area contributed by atoms with Crippen LogP contribution >= 0.6 is 11.3 Å². The standard InChI is InChI=1S/C17H14F3N7OS.C2HF3O2/c18-17(19,20)13-9-27-11(7-22-16(27)29-13)15-21-2-1-14(25-15)26-3-4-28-12(8-26)10-5-23-24-6-10;3-2(4,5)1(6)7/h1-2,5-7,9,12H,3-4,8H2,(H,23,24);(H,6,7). The highest BCUT2D eigenvalue weighted by atomic mass is 32.1. The number of aromatic nitrogens is 6. The number of aliphatic carboxylic acids is 1. The number of carbonyl (C=O) groups is 1. The Hall–Kier alpha value is -3.73. The first kappa shape index (κ1) is 25.4. The lowest BCUT2D eigenvalue weighted by Crippen LogP contribution is -2.38. The second-order valence-electron chi connectivity index (χ2n) is 7.27. The number of carboxylic acids is 1. The topological polar surface area (TPSA) is 122 Å². The van der Waals surface area contributed by atoms with Gasteiger partial charge >= 0.3 is 18.3 Å². The molecule has 10 nitrogen and oxygen atoms in total. The van der Waals surface area contributed by atoms with Gasteiger partial charge in [0, 0.05) is 37.2 Å². The summed E-state index contributed by atoms with van der Waals surface area (Å²) in [5.74, 6) is -1.77. The van der Waals surface area contributed by atoms with E-state index in [1.165, 1.54) is 10.6 Å². The fraction of sp³-hybridized carbons (Fsp3) is 0.316. The summed E-state index contributed by atoms with van der Waals surface area (Å²) in [4.78, 5) is 23.4. The van der Waals surface area contributed by atoms with Gasteiger partial charge in [0.2, 0.25) is 0 Å². The number of fused-ring (bicyclic) bond motifs is 1. The Morgan fingerprint density at radius 3 is 2.58 bits per heavy atom. The van der Waals surface area contributed by atoms with E-state index in [4.69, 9.17) is 14.6 Å². The molecule has 0 aromatic carbocycles. The molecule has 0 bridgehead atoms. The predicted octanol–water partition coefficient (Wildman–Crippen LogP) is 3.81. The lowest BCUT2D eigenvalue weighted by molar-refractivity contribution is -0.192. The van der Waals surface area contributed by atoms with Gasteiger partial charge < -0.3 is 14.7 Å². The fourth-order valence-corrected chi connectivity index (χ4v) is 4.05. The van der Waals surface area contributed by atoms with Crippen molar-refractivity contribution in [2.24, 2.45) is 0 Å². The van der Waals surface area contributed by atoms with Crippen molar-refractivity contribution in [3.05, 3.63) is 47.5 Å². The van der Waals surface area contributed by atoms with E-state index in [2.05, 4.69) is 30.0 Å². The molecule has 4 aromatic heterocycles. The number of carboxylic acid groups (broad SMARTS) is 1. The number of hydrogen-bond donors (Lipinski definition) is 2. The summed E-state index contributed by atoms with van der Waals surface area (Å²) in [6.45, 7) is 1.74. The summed E-state index contributed by atoms with van der Waals surface area (Å²) in [6.07, 6.45) is -2.03. The molecule has 1 aliphatic heterocycles. The zero-order valence-corrected chi connectivity index (χ0v) is 18.6. The van der Waals surface area contributed by atoms with Crippen molar-refractivity contribution in [2.45, 2.75) is 18.5 Å². The summed E-state index contributed by atoms with van der Waals surface area (Å²) in [5, 5.41) is 13.9. The molecule has 17 heteroatoms. The third-order valence-electron chi connectivity index (χ3n) is 4.88. The normalized spacial score (nSPS) is 16.6. The molecule has 5 heterocycles. The van der Waals surface area contributed by atoms with Crippen molar-refractivity contribution >= 4 is 28.1 Å². The quantitative estimate of drug-likeness (QED) is 0.380. The summed E-state index contributed by atoms with van der Waals surface area (Å²) in [6, 6.07) is 1.77. The van der Waals surface area contributed by atoms with Crippen molar-refractivity contribution in [3.8, 4) is 11.5 Å². The molecule has 36 heavy (non-hydrogen) atoms. The predicted molar refractivity (Wildman–Crippen MR) is 112 cm³/mol. The second kappa shape index (κ2) is 9.73.